The van der Waals surface area contributed by atoms with Gasteiger partial charge in [0.2, 0.25) is 15.9 Å². The molecule has 1 saturated carbocycles. The monoisotopic (exact) mass is 500 g/mol. The minimum Gasteiger partial charge on any atom is -0.495 e. The zero-order valence-electron chi connectivity index (χ0n) is 17.9. The number of sulfonamides is 1. The first-order chi connectivity index (χ1) is 15.3. The number of nitrogens with zero attached hydrogens (tertiary/aromatic N) is 1. The maximum atomic E-state index is 13.5. The van der Waals surface area contributed by atoms with E-state index in [2.05, 4.69) is 5.32 Å². The molecule has 0 bridgehead atoms. The van der Waals surface area contributed by atoms with Crippen LogP contribution < -0.4 is 14.8 Å². The molecule has 10 heteroatoms. The first-order valence-corrected chi connectivity index (χ1v) is 12.4. The number of amides is 1. The molecule has 1 aliphatic rings. The smallest absolute Gasteiger partial charge is 0.243 e. The first-order valence-electron chi connectivity index (χ1n) is 10.2. The summed E-state index contributed by atoms with van der Waals surface area (Å²) >= 11 is 12.2. The van der Waals surface area contributed by atoms with Gasteiger partial charge in [0, 0.05) is 11.1 Å². The third-order valence-electron chi connectivity index (χ3n) is 5.45. The lowest BCUT2D eigenvalue weighted by molar-refractivity contribution is -0.116. The van der Waals surface area contributed by atoms with Crippen LogP contribution in [0.3, 0.4) is 0 Å². The Kier molecular flexibility index (Phi) is 8.27. The molecule has 1 fully saturated rings. The highest BCUT2D eigenvalue weighted by molar-refractivity contribution is 7.89. The van der Waals surface area contributed by atoms with Gasteiger partial charge in [0.05, 0.1) is 36.4 Å². The number of nitrogens with one attached hydrogen (secondary N) is 1. The number of ether oxygens (including phenoxy) is 2. The Hall–Kier alpha value is -2.00. The van der Waals surface area contributed by atoms with Crippen molar-refractivity contribution in [2.45, 2.75) is 43.0 Å². The number of halogens is 2. The van der Waals surface area contributed by atoms with Crippen LogP contribution in [0.25, 0.3) is 0 Å². The number of methoxy groups -OCH3 is 2. The molecule has 0 aliphatic heterocycles. The number of hydrogen-bond acceptors (Lipinski definition) is 5. The number of carbonyl (C=O) groups is 1. The van der Waals surface area contributed by atoms with Crippen molar-refractivity contribution in [2.75, 3.05) is 26.1 Å². The van der Waals surface area contributed by atoms with Crippen molar-refractivity contribution in [1.29, 1.82) is 0 Å². The predicted octanol–water partition coefficient (Wildman–Crippen LogP) is 4.97. The molecule has 0 aromatic heterocycles. The Morgan fingerprint density at radius 2 is 1.69 bits per heavy atom. The summed E-state index contributed by atoms with van der Waals surface area (Å²) in [6.07, 6.45) is 4.24. The van der Waals surface area contributed by atoms with Crippen LogP contribution in [-0.4, -0.2) is 45.4 Å². The first kappa shape index (κ1) is 24.6. The van der Waals surface area contributed by atoms with Crippen LogP contribution in [0.2, 0.25) is 10.0 Å². The molecule has 7 nitrogen and oxygen atoms in total. The van der Waals surface area contributed by atoms with E-state index >= 15 is 0 Å². The zero-order chi connectivity index (χ0) is 23.3. The van der Waals surface area contributed by atoms with E-state index in [4.69, 9.17) is 32.7 Å². The minimum atomic E-state index is -3.98. The Morgan fingerprint density at radius 1 is 1.03 bits per heavy atom. The second-order valence-corrected chi connectivity index (χ2v) is 10.3. The SMILES string of the molecule is COc1ccc(S(=O)(=O)N(CC(=O)Nc2cc(Cl)ccc2OC)C2CCCCC2)cc1Cl. The van der Waals surface area contributed by atoms with E-state index in [1.807, 2.05) is 0 Å². The molecule has 174 valence electrons. The summed E-state index contributed by atoms with van der Waals surface area (Å²) < 4.78 is 38.8. The zero-order valence-corrected chi connectivity index (χ0v) is 20.3. The van der Waals surface area contributed by atoms with Gasteiger partial charge in [-0.1, -0.05) is 42.5 Å². The molecule has 1 N–H and O–H groups in total. The minimum absolute atomic E-state index is 0.0157. The quantitative estimate of drug-likeness (QED) is 0.552. The second kappa shape index (κ2) is 10.7. The van der Waals surface area contributed by atoms with Crippen molar-refractivity contribution in [3.05, 3.63) is 46.4 Å². The van der Waals surface area contributed by atoms with Crippen LogP contribution in [0.5, 0.6) is 11.5 Å². The van der Waals surface area contributed by atoms with Gasteiger partial charge in [0.1, 0.15) is 11.5 Å². The molecule has 0 radical (unpaired) electrons. The summed E-state index contributed by atoms with van der Waals surface area (Å²) in [5.74, 6) is 0.316. The topological polar surface area (TPSA) is 84.9 Å². The van der Waals surface area contributed by atoms with E-state index in [1.54, 1.807) is 18.2 Å². The maximum Gasteiger partial charge on any atom is 0.243 e. The van der Waals surface area contributed by atoms with Gasteiger partial charge in [0.25, 0.3) is 0 Å². The van der Waals surface area contributed by atoms with Crippen LogP contribution in [0.4, 0.5) is 5.69 Å². The van der Waals surface area contributed by atoms with Gasteiger partial charge in [-0.05, 0) is 49.2 Å². The molecule has 3 rings (SSSR count). The van der Waals surface area contributed by atoms with Gasteiger partial charge < -0.3 is 14.8 Å². The van der Waals surface area contributed by atoms with Gasteiger partial charge in [-0.25, -0.2) is 8.42 Å². The van der Waals surface area contributed by atoms with Crippen LogP contribution in [0, 0.1) is 0 Å². The highest BCUT2D eigenvalue weighted by Gasteiger charge is 2.34. The van der Waals surface area contributed by atoms with Crippen molar-refractivity contribution < 1.29 is 22.7 Å². The highest BCUT2D eigenvalue weighted by atomic mass is 35.5. The summed E-state index contributed by atoms with van der Waals surface area (Å²) in [6.45, 7) is -0.341. The molecule has 0 saturated heterocycles. The average molecular weight is 501 g/mol. The van der Waals surface area contributed by atoms with Gasteiger partial charge in [-0.15, -0.1) is 0 Å². The highest BCUT2D eigenvalue weighted by Crippen LogP contribution is 2.32. The fraction of sp³-hybridized carbons (Fsp3) is 0.409. The molecular formula is C22H26Cl2N2O5S. The van der Waals surface area contributed by atoms with E-state index in [9.17, 15) is 13.2 Å². The number of anilines is 1. The third kappa shape index (κ3) is 5.67. The van der Waals surface area contributed by atoms with E-state index in [1.165, 1.54) is 36.7 Å². The van der Waals surface area contributed by atoms with Crippen LogP contribution >= 0.6 is 23.2 Å². The van der Waals surface area contributed by atoms with Crippen LogP contribution in [-0.2, 0) is 14.8 Å². The van der Waals surface area contributed by atoms with Gasteiger partial charge in [-0.2, -0.15) is 4.31 Å². The molecule has 0 heterocycles. The standard InChI is InChI=1S/C22H26Cl2N2O5S/c1-30-20-11-9-17(13-18(20)24)32(28,29)26(16-6-4-3-5-7-16)14-22(27)25-19-12-15(23)8-10-21(19)31-2/h8-13,16H,3-7,14H2,1-2H3,(H,25,27). The molecule has 1 aliphatic carbocycles. The van der Waals surface area contributed by atoms with Gasteiger partial charge in [0.15, 0.2) is 0 Å². The summed E-state index contributed by atoms with van der Waals surface area (Å²) in [5.41, 5.74) is 0.374. The molecule has 0 spiro atoms. The van der Waals surface area contributed by atoms with Crippen molar-refractivity contribution in [3.8, 4) is 11.5 Å². The number of carbonyl (C=O) groups excluding carboxylic acids is 1. The number of rotatable bonds is 8. The Bertz CT molecular complexity index is 1070. The number of benzene rings is 2. The lowest BCUT2D eigenvalue weighted by Gasteiger charge is -2.33. The molecular weight excluding hydrogens is 475 g/mol. The van der Waals surface area contributed by atoms with Crippen molar-refractivity contribution >= 4 is 44.8 Å². The van der Waals surface area contributed by atoms with E-state index in [0.717, 1.165) is 19.3 Å². The summed E-state index contributed by atoms with van der Waals surface area (Å²) in [4.78, 5) is 12.9. The molecule has 1 amide bonds. The lowest BCUT2D eigenvalue weighted by Crippen LogP contribution is -2.45. The summed E-state index contributed by atoms with van der Waals surface area (Å²) in [5, 5.41) is 3.33. The Labute approximate surface area is 198 Å². The third-order valence-corrected chi connectivity index (χ3v) is 7.87. The molecule has 2 aromatic carbocycles. The summed E-state index contributed by atoms with van der Waals surface area (Å²) in [7, 11) is -1.05. The fourth-order valence-electron chi connectivity index (χ4n) is 3.83. The molecule has 0 unspecified atom stereocenters. The maximum absolute atomic E-state index is 13.5. The molecule has 2 aromatic rings. The molecule has 32 heavy (non-hydrogen) atoms. The second-order valence-electron chi connectivity index (χ2n) is 7.53. The van der Waals surface area contributed by atoms with Crippen LogP contribution in [0.15, 0.2) is 41.3 Å². The van der Waals surface area contributed by atoms with Gasteiger partial charge >= 0.3 is 0 Å². The molecule has 0 atom stereocenters. The van der Waals surface area contributed by atoms with E-state index < -0.39 is 15.9 Å². The average Bonchev–Trinajstić information content (AvgIpc) is 2.78. The van der Waals surface area contributed by atoms with Crippen molar-refractivity contribution in [3.63, 3.8) is 0 Å². The predicted molar refractivity (Wildman–Crippen MR) is 125 cm³/mol. The van der Waals surface area contributed by atoms with Crippen LogP contribution in [0.1, 0.15) is 32.1 Å². The normalized spacial score (nSPS) is 14.9. The number of hydrogen-bond donors (Lipinski definition) is 1. The Balaban J connectivity index is 1.90. The van der Waals surface area contributed by atoms with Crippen molar-refractivity contribution in [2.24, 2.45) is 0 Å². The van der Waals surface area contributed by atoms with Gasteiger partial charge in [-0.3, -0.25) is 4.79 Å². The lowest BCUT2D eigenvalue weighted by atomic mass is 9.95. The van der Waals surface area contributed by atoms with Crippen molar-refractivity contribution in [1.82, 2.24) is 4.31 Å². The largest absolute Gasteiger partial charge is 0.495 e. The fourth-order valence-corrected chi connectivity index (χ4v) is 5.99. The van der Waals surface area contributed by atoms with E-state index in [-0.39, 0.29) is 22.5 Å². The summed E-state index contributed by atoms with van der Waals surface area (Å²) in [6, 6.07) is 8.85. The Morgan fingerprint density at radius 3 is 2.31 bits per heavy atom. The van der Waals surface area contributed by atoms with E-state index in [0.29, 0.717) is 35.1 Å².